The predicted octanol–water partition coefficient (Wildman–Crippen LogP) is 3.24. The first-order valence-corrected chi connectivity index (χ1v) is 8.85. The normalized spacial score (nSPS) is 10.8. The molecule has 0 spiro atoms. The van der Waals surface area contributed by atoms with Crippen LogP contribution >= 0.6 is 0 Å². The van der Waals surface area contributed by atoms with Crippen LogP contribution in [0, 0.1) is 12.7 Å². The minimum atomic E-state index is -4.05. The summed E-state index contributed by atoms with van der Waals surface area (Å²) in [6, 6.07) is 9.44. The Bertz CT molecular complexity index is 881. The van der Waals surface area contributed by atoms with Gasteiger partial charge in [0.1, 0.15) is 10.7 Å². The highest BCUT2D eigenvalue weighted by molar-refractivity contribution is 7.92. The van der Waals surface area contributed by atoms with Crippen LogP contribution in [-0.4, -0.2) is 21.0 Å². The van der Waals surface area contributed by atoms with E-state index in [-0.39, 0.29) is 5.69 Å². The summed E-state index contributed by atoms with van der Waals surface area (Å²) < 4.78 is 40.7. The Morgan fingerprint density at radius 1 is 1.16 bits per heavy atom. The number of urea groups is 1. The molecule has 0 aliphatic carbocycles. The molecule has 0 fully saturated rings. The molecule has 0 aliphatic heterocycles. The van der Waals surface area contributed by atoms with E-state index in [0.29, 0.717) is 17.8 Å². The summed E-state index contributed by atoms with van der Waals surface area (Å²) in [6.45, 7) is 5.49. The molecule has 2 aromatic rings. The smallest absolute Gasteiger partial charge is 0.319 e. The van der Waals surface area contributed by atoms with Gasteiger partial charge >= 0.3 is 6.03 Å². The van der Waals surface area contributed by atoms with Crippen molar-refractivity contribution < 1.29 is 17.6 Å². The van der Waals surface area contributed by atoms with Crippen LogP contribution in [0.1, 0.15) is 5.56 Å². The Balaban J connectivity index is 2.11. The van der Waals surface area contributed by atoms with Crippen molar-refractivity contribution in [2.24, 2.45) is 0 Å². The van der Waals surface area contributed by atoms with Crippen molar-refractivity contribution in [1.29, 1.82) is 0 Å². The number of carbonyl (C=O) groups excluding carboxylic acids is 1. The number of anilines is 2. The third-order valence-electron chi connectivity index (χ3n) is 3.18. The zero-order valence-corrected chi connectivity index (χ0v) is 14.4. The first-order chi connectivity index (χ1) is 11.8. The van der Waals surface area contributed by atoms with Crippen LogP contribution in [0.3, 0.4) is 0 Å². The Kier molecular flexibility index (Phi) is 5.76. The topological polar surface area (TPSA) is 87.3 Å². The van der Waals surface area contributed by atoms with Gasteiger partial charge in [0, 0.05) is 17.9 Å². The molecule has 0 radical (unpaired) electrons. The first-order valence-electron chi connectivity index (χ1n) is 7.36. The summed E-state index contributed by atoms with van der Waals surface area (Å²) >= 11 is 0. The first kappa shape index (κ1) is 18.5. The maximum Gasteiger partial charge on any atom is 0.319 e. The van der Waals surface area contributed by atoms with Gasteiger partial charge in [-0.2, -0.15) is 0 Å². The third-order valence-corrected chi connectivity index (χ3v) is 4.57. The summed E-state index contributed by atoms with van der Waals surface area (Å²) in [4.78, 5) is 11.1. The molecule has 0 aromatic heterocycles. The van der Waals surface area contributed by atoms with E-state index in [4.69, 9.17) is 0 Å². The number of rotatable bonds is 6. The van der Waals surface area contributed by atoms with E-state index in [0.717, 1.165) is 6.07 Å². The summed E-state index contributed by atoms with van der Waals surface area (Å²) in [5.74, 6) is -0.824. The maximum atomic E-state index is 13.8. The molecule has 0 aliphatic rings. The minimum absolute atomic E-state index is 0.248. The van der Waals surface area contributed by atoms with Gasteiger partial charge in [-0.1, -0.05) is 12.1 Å². The average molecular weight is 363 g/mol. The fourth-order valence-electron chi connectivity index (χ4n) is 1.99. The van der Waals surface area contributed by atoms with Crippen molar-refractivity contribution in [1.82, 2.24) is 5.32 Å². The Morgan fingerprint density at radius 2 is 1.80 bits per heavy atom. The second kappa shape index (κ2) is 7.80. The van der Waals surface area contributed by atoms with Crippen LogP contribution in [-0.2, 0) is 10.0 Å². The monoisotopic (exact) mass is 363 g/mol. The molecule has 6 nitrogen and oxygen atoms in total. The lowest BCUT2D eigenvalue weighted by molar-refractivity contribution is 0.253. The SMILES string of the molecule is C=CCNC(=O)Nc1ccc(NS(=O)(=O)c2cc(C)ccc2F)cc1. The lowest BCUT2D eigenvalue weighted by Gasteiger charge is -2.11. The molecule has 0 saturated carbocycles. The fourth-order valence-corrected chi connectivity index (χ4v) is 3.21. The van der Waals surface area contributed by atoms with Crippen LogP contribution in [0.2, 0.25) is 0 Å². The van der Waals surface area contributed by atoms with Crippen LogP contribution in [0.4, 0.5) is 20.6 Å². The van der Waals surface area contributed by atoms with E-state index in [1.807, 2.05) is 0 Å². The van der Waals surface area contributed by atoms with Gasteiger partial charge in [-0.3, -0.25) is 4.72 Å². The molecular formula is C17H18FN3O3S. The zero-order valence-electron chi connectivity index (χ0n) is 13.5. The Morgan fingerprint density at radius 3 is 2.44 bits per heavy atom. The highest BCUT2D eigenvalue weighted by Crippen LogP contribution is 2.21. The van der Waals surface area contributed by atoms with Crippen molar-refractivity contribution in [2.75, 3.05) is 16.6 Å². The van der Waals surface area contributed by atoms with E-state index < -0.39 is 26.8 Å². The number of nitrogens with one attached hydrogen (secondary N) is 3. The van der Waals surface area contributed by atoms with E-state index in [9.17, 15) is 17.6 Å². The predicted molar refractivity (Wildman–Crippen MR) is 95.6 cm³/mol. The molecule has 132 valence electrons. The number of carbonyl (C=O) groups is 1. The van der Waals surface area contributed by atoms with Crippen molar-refractivity contribution in [3.05, 3.63) is 66.5 Å². The summed E-state index contributed by atoms with van der Waals surface area (Å²) in [7, 11) is -4.05. The number of amides is 2. The van der Waals surface area contributed by atoms with Crippen molar-refractivity contribution in [3.8, 4) is 0 Å². The highest BCUT2D eigenvalue weighted by atomic mass is 32.2. The number of sulfonamides is 1. The molecule has 8 heteroatoms. The van der Waals surface area contributed by atoms with Gasteiger partial charge in [0.2, 0.25) is 0 Å². The van der Waals surface area contributed by atoms with Gasteiger partial charge in [0.05, 0.1) is 0 Å². The second-order valence-electron chi connectivity index (χ2n) is 5.24. The second-order valence-corrected chi connectivity index (χ2v) is 6.89. The van der Waals surface area contributed by atoms with Crippen LogP contribution in [0.15, 0.2) is 60.0 Å². The molecule has 2 rings (SSSR count). The Hall–Kier alpha value is -2.87. The maximum absolute atomic E-state index is 13.8. The summed E-state index contributed by atoms with van der Waals surface area (Å²) in [5, 5.41) is 5.13. The van der Waals surface area contributed by atoms with Crippen LogP contribution in [0.25, 0.3) is 0 Å². The molecule has 0 atom stereocenters. The van der Waals surface area contributed by atoms with Gasteiger partial charge in [-0.15, -0.1) is 6.58 Å². The molecule has 3 N–H and O–H groups in total. The third kappa shape index (κ3) is 5.05. The molecule has 25 heavy (non-hydrogen) atoms. The lowest BCUT2D eigenvalue weighted by atomic mass is 10.2. The molecule has 0 saturated heterocycles. The number of aryl methyl sites for hydroxylation is 1. The summed E-state index contributed by atoms with van der Waals surface area (Å²) in [5.41, 5.74) is 1.36. The standard InChI is InChI=1S/C17H18FN3O3S/c1-3-10-19-17(22)20-13-5-7-14(8-6-13)21-25(23,24)16-11-12(2)4-9-15(16)18/h3-9,11,21H,1,10H2,2H3,(H2,19,20,22). The van der Waals surface area contributed by atoms with Crippen LogP contribution in [0.5, 0.6) is 0 Å². The molecule has 0 unspecified atom stereocenters. The molecule has 0 bridgehead atoms. The average Bonchev–Trinajstić information content (AvgIpc) is 2.56. The van der Waals surface area contributed by atoms with E-state index >= 15 is 0 Å². The molecule has 0 heterocycles. The highest BCUT2D eigenvalue weighted by Gasteiger charge is 2.19. The van der Waals surface area contributed by atoms with Gasteiger partial charge in [-0.25, -0.2) is 17.6 Å². The quantitative estimate of drug-likeness (QED) is 0.689. The molecule has 2 amide bonds. The van der Waals surface area contributed by atoms with E-state index in [1.165, 1.54) is 36.4 Å². The molecular weight excluding hydrogens is 345 g/mol. The van der Waals surface area contributed by atoms with E-state index in [2.05, 4.69) is 21.9 Å². The number of hydrogen-bond donors (Lipinski definition) is 3. The van der Waals surface area contributed by atoms with Crippen LogP contribution < -0.4 is 15.4 Å². The zero-order chi connectivity index (χ0) is 18.4. The van der Waals surface area contributed by atoms with Gasteiger partial charge in [0.15, 0.2) is 0 Å². The molecule has 2 aromatic carbocycles. The van der Waals surface area contributed by atoms with Gasteiger partial charge in [0.25, 0.3) is 10.0 Å². The largest absolute Gasteiger partial charge is 0.334 e. The Labute approximate surface area is 145 Å². The van der Waals surface area contributed by atoms with Crippen molar-refractivity contribution >= 4 is 27.4 Å². The summed E-state index contributed by atoms with van der Waals surface area (Å²) in [6.07, 6.45) is 1.54. The number of benzene rings is 2. The van der Waals surface area contributed by atoms with Gasteiger partial charge in [-0.05, 0) is 48.9 Å². The van der Waals surface area contributed by atoms with Crippen molar-refractivity contribution in [3.63, 3.8) is 0 Å². The minimum Gasteiger partial charge on any atom is -0.334 e. The lowest BCUT2D eigenvalue weighted by Crippen LogP contribution is -2.28. The fraction of sp³-hybridized carbons (Fsp3) is 0.118. The van der Waals surface area contributed by atoms with Gasteiger partial charge < -0.3 is 10.6 Å². The van der Waals surface area contributed by atoms with Crippen molar-refractivity contribution in [2.45, 2.75) is 11.8 Å². The number of hydrogen-bond acceptors (Lipinski definition) is 3. The number of halogens is 1. The van der Waals surface area contributed by atoms with E-state index in [1.54, 1.807) is 13.0 Å².